The highest BCUT2D eigenvalue weighted by Gasteiger charge is 2.36. The standard InChI is InChI=1S/C32H39ClN6O4/c1-20(2)42-30(40)36-28(26-18-34-19-37(26)6)25-16-21-8-7-11-35-27(21)29(23-10-9-22(33)17-24(23)25)38-12-14-39(15-13-38)31(41)43-32(3,4)5/h7-11,16-20,28-29H,12-15H2,1-6H3,(H,36,40)/t28-,29-/m0/s1. The Labute approximate surface area is 257 Å². The van der Waals surface area contributed by atoms with Gasteiger partial charge in [-0.25, -0.2) is 14.6 Å². The number of carbonyl (C=O) groups excluding carboxylic acids is 2. The van der Waals surface area contributed by atoms with Crippen LogP contribution in [0.25, 0.3) is 11.6 Å². The number of pyridine rings is 1. The summed E-state index contributed by atoms with van der Waals surface area (Å²) in [5.74, 6) is 0. The summed E-state index contributed by atoms with van der Waals surface area (Å²) in [4.78, 5) is 39.1. The first-order chi connectivity index (χ1) is 20.4. The molecule has 3 aromatic rings. The van der Waals surface area contributed by atoms with Crippen LogP contribution in [0.1, 0.15) is 74.8 Å². The number of nitrogens with zero attached hydrogens (tertiary/aromatic N) is 5. The summed E-state index contributed by atoms with van der Waals surface area (Å²) in [6, 6.07) is 9.00. The number of amides is 2. The van der Waals surface area contributed by atoms with Crippen LogP contribution in [0.15, 0.2) is 49.1 Å². The van der Waals surface area contributed by atoms with Gasteiger partial charge in [-0.05, 0) is 81.2 Å². The minimum absolute atomic E-state index is 0.215. The molecule has 1 aliphatic heterocycles. The average Bonchev–Trinajstić information content (AvgIpc) is 3.30. The topological polar surface area (TPSA) is 102 Å². The SMILES string of the molecule is CC(C)OC(=O)N[C@@H](C1=Cc2cccnc2[C@@H](N2CCN(C(=O)OC(C)(C)C)CC2)c2ccc(Cl)cc21)c1cncn1C. The molecule has 1 aliphatic carbocycles. The summed E-state index contributed by atoms with van der Waals surface area (Å²) in [5.41, 5.74) is 4.78. The minimum Gasteiger partial charge on any atom is -0.447 e. The van der Waals surface area contributed by atoms with Gasteiger partial charge in [0, 0.05) is 44.4 Å². The largest absolute Gasteiger partial charge is 0.447 e. The summed E-state index contributed by atoms with van der Waals surface area (Å²) < 4.78 is 13.0. The summed E-state index contributed by atoms with van der Waals surface area (Å²) in [6.07, 6.45) is 6.20. The van der Waals surface area contributed by atoms with Crippen molar-refractivity contribution in [2.75, 3.05) is 26.2 Å². The van der Waals surface area contributed by atoms with E-state index in [2.05, 4.69) is 21.3 Å². The molecule has 2 atom stereocenters. The second kappa shape index (κ2) is 12.4. The highest BCUT2D eigenvalue weighted by atomic mass is 35.5. The van der Waals surface area contributed by atoms with Gasteiger partial charge in [0.25, 0.3) is 0 Å². The lowest BCUT2D eigenvalue weighted by Crippen LogP contribution is -2.51. The van der Waals surface area contributed by atoms with Crippen molar-refractivity contribution in [3.05, 3.63) is 82.2 Å². The van der Waals surface area contributed by atoms with Crippen LogP contribution >= 0.6 is 11.6 Å². The Morgan fingerprint density at radius 3 is 2.51 bits per heavy atom. The number of imidazole rings is 1. The van der Waals surface area contributed by atoms with Crippen LogP contribution in [-0.4, -0.2) is 74.4 Å². The molecular weight excluding hydrogens is 568 g/mol. The van der Waals surface area contributed by atoms with Gasteiger partial charge < -0.3 is 24.3 Å². The molecule has 1 N–H and O–H groups in total. The monoisotopic (exact) mass is 606 g/mol. The molecule has 0 spiro atoms. The first-order valence-electron chi connectivity index (χ1n) is 14.5. The van der Waals surface area contributed by atoms with Gasteiger partial charge in [0.1, 0.15) is 5.60 Å². The van der Waals surface area contributed by atoms with Crippen LogP contribution in [0.4, 0.5) is 9.59 Å². The fraction of sp³-hybridized carbons (Fsp3) is 0.438. The number of hydrogen-bond donors (Lipinski definition) is 1. The van der Waals surface area contributed by atoms with E-state index in [0.29, 0.717) is 31.2 Å². The Bertz CT molecular complexity index is 1520. The van der Waals surface area contributed by atoms with Crippen LogP contribution in [0.3, 0.4) is 0 Å². The molecule has 2 aromatic heterocycles. The molecule has 3 heterocycles. The molecule has 228 valence electrons. The number of rotatable bonds is 5. The molecule has 10 nitrogen and oxygen atoms in total. The number of piperazine rings is 1. The molecule has 43 heavy (non-hydrogen) atoms. The lowest BCUT2D eigenvalue weighted by atomic mass is 9.90. The van der Waals surface area contributed by atoms with Gasteiger partial charge in [0.15, 0.2) is 0 Å². The van der Waals surface area contributed by atoms with Crippen molar-refractivity contribution >= 4 is 35.4 Å². The van der Waals surface area contributed by atoms with Crippen LogP contribution in [0.2, 0.25) is 5.02 Å². The van der Waals surface area contributed by atoms with Crippen molar-refractivity contribution < 1.29 is 19.1 Å². The van der Waals surface area contributed by atoms with Gasteiger partial charge in [-0.2, -0.15) is 0 Å². The van der Waals surface area contributed by atoms with Crippen LogP contribution in [0, 0.1) is 0 Å². The molecule has 0 unspecified atom stereocenters. The molecular formula is C32H39ClN6O4. The Balaban J connectivity index is 1.57. The zero-order valence-corrected chi connectivity index (χ0v) is 26.3. The van der Waals surface area contributed by atoms with E-state index >= 15 is 0 Å². The van der Waals surface area contributed by atoms with E-state index in [1.807, 2.05) is 76.6 Å². The number of aromatic nitrogens is 3. The van der Waals surface area contributed by atoms with Gasteiger partial charge >= 0.3 is 12.2 Å². The molecule has 5 rings (SSSR count). The van der Waals surface area contributed by atoms with Crippen molar-refractivity contribution in [2.45, 2.75) is 58.4 Å². The van der Waals surface area contributed by atoms with Crippen molar-refractivity contribution in [1.29, 1.82) is 0 Å². The maximum Gasteiger partial charge on any atom is 0.410 e. The highest BCUT2D eigenvalue weighted by Crippen LogP contribution is 2.44. The number of nitrogens with one attached hydrogen (secondary N) is 1. The highest BCUT2D eigenvalue weighted by molar-refractivity contribution is 6.30. The van der Waals surface area contributed by atoms with Crippen LogP contribution in [-0.2, 0) is 16.5 Å². The number of benzene rings is 1. The van der Waals surface area contributed by atoms with Gasteiger partial charge in [-0.15, -0.1) is 0 Å². The van der Waals surface area contributed by atoms with E-state index in [0.717, 1.165) is 33.7 Å². The first-order valence-corrected chi connectivity index (χ1v) is 14.9. The molecule has 1 fully saturated rings. The molecule has 11 heteroatoms. The molecule has 0 radical (unpaired) electrons. The van der Waals surface area contributed by atoms with Crippen molar-refractivity contribution in [3.63, 3.8) is 0 Å². The molecule has 0 saturated carbocycles. The summed E-state index contributed by atoms with van der Waals surface area (Å²) >= 11 is 6.64. The van der Waals surface area contributed by atoms with Crippen molar-refractivity contribution in [2.24, 2.45) is 7.05 Å². The molecule has 1 saturated heterocycles. The smallest absolute Gasteiger partial charge is 0.410 e. The average molecular weight is 607 g/mol. The Kier molecular flexibility index (Phi) is 8.80. The third kappa shape index (κ3) is 6.86. The number of carbonyl (C=O) groups is 2. The number of ether oxygens (including phenoxy) is 2. The van der Waals surface area contributed by atoms with E-state index in [-0.39, 0.29) is 18.2 Å². The van der Waals surface area contributed by atoms with E-state index in [1.54, 1.807) is 23.6 Å². The normalized spacial score (nSPS) is 17.8. The van der Waals surface area contributed by atoms with Crippen LogP contribution in [0.5, 0.6) is 0 Å². The predicted octanol–water partition coefficient (Wildman–Crippen LogP) is 5.84. The third-order valence-electron chi connectivity index (χ3n) is 7.46. The molecule has 2 amide bonds. The number of halogens is 1. The number of alkyl carbamates (subject to hydrolysis) is 1. The lowest BCUT2D eigenvalue weighted by Gasteiger charge is -2.40. The van der Waals surface area contributed by atoms with E-state index in [1.165, 1.54) is 0 Å². The number of hydrogen-bond acceptors (Lipinski definition) is 7. The zero-order chi connectivity index (χ0) is 30.9. The van der Waals surface area contributed by atoms with E-state index in [9.17, 15) is 9.59 Å². The molecule has 0 bridgehead atoms. The molecule has 1 aromatic carbocycles. The summed E-state index contributed by atoms with van der Waals surface area (Å²) in [6.45, 7) is 11.5. The second-order valence-electron chi connectivity index (χ2n) is 12.2. The first kappa shape index (κ1) is 30.6. The van der Waals surface area contributed by atoms with Crippen molar-refractivity contribution in [3.8, 4) is 0 Å². The Morgan fingerprint density at radius 2 is 1.86 bits per heavy atom. The zero-order valence-electron chi connectivity index (χ0n) is 25.5. The second-order valence-corrected chi connectivity index (χ2v) is 12.6. The van der Waals surface area contributed by atoms with Gasteiger partial charge in [-0.3, -0.25) is 9.88 Å². The van der Waals surface area contributed by atoms with E-state index < -0.39 is 17.7 Å². The number of fused-ring (bicyclic) bond motifs is 2. The quantitative estimate of drug-likeness (QED) is 0.389. The van der Waals surface area contributed by atoms with Crippen LogP contribution < -0.4 is 5.32 Å². The Morgan fingerprint density at radius 1 is 1.12 bits per heavy atom. The van der Waals surface area contributed by atoms with Gasteiger partial charge in [0.2, 0.25) is 0 Å². The summed E-state index contributed by atoms with van der Waals surface area (Å²) in [5, 5.41) is 3.66. The minimum atomic E-state index is -0.591. The Hall–Kier alpha value is -3.89. The maximum absolute atomic E-state index is 13.0. The van der Waals surface area contributed by atoms with E-state index in [4.69, 9.17) is 26.1 Å². The summed E-state index contributed by atoms with van der Waals surface area (Å²) in [7, 11) is 1.89. The maximum atomic E-state index is 13.0. The number of aryl methyl sites for hydroxylation is 1. The molecule has 2 aliphatic rings. The predicted molar refractivity (Wildman–Crippen MR) is 165 cm³/mol. The third-order valence-corrected chi connectivity index (χ3v) is 7.69. The fourth-order valence-electron chi connectivity index (χ4n) is 5.61. The van der Waals surface area contributed by atoms with Gasteiger partial charge in [-0.1, -0.05) is 23.7 Å². The van der Waals surface area contributed by atoms with Crippen molar-refractivity contribution in [1.82, 2.24) is 29.7 Å². The lowest BCUT2D eigenvalue weighted by molar-refractivity contribution is 0.0118. The fourth-order valence-corrected chi connectivity index (χ4v) is 5.78. The van der Waals surface area contributed by atoms with Gasteiger partial charge in [0.05, 0.1) is 42.1 Å².